The SMILES string of the molecule is CCn1c(SCC(=O)c2ccc(Cl)cc2Cl)nnc1-c1ccc(Cl)cc1. The fourth-order valence-electron chi connectivity index (χ4n) is 2.42. The first kappa shape index (κ1) is 19.2. The quantitative estimate of drug-likeness (QED) is 0.363. The van der Waals surface area contributed by atoms with Gasteiger partial charge in [-0.2, -0.15) is 0 Å². The van der Waals surface area contributed by atoms with E-state index in [2.05, 4.69) is 10.2 Å². The Hall–Kier alpha value is -1.53. The van der Waals surface area contributed by atoms with Gasteiger partial charge in [-0.05, 0) is 49.4 Å². The number of aromatic nitrogens is 3. The zero-order chi connectivity index (χ0) is 18.7. The van der Waals surface area contributed by atoms with Crippen LogP contribution >= 0.6 is 46.6 Å². The molecule has 2 aromatic carbocycles. The number of nitrogens with zero attached hydrogens (tertiary/aromatic N) is 3. The molecule has 0 aliphatic rings. The summed E-state index contributed by atoms with van der Waals surface area (Å²) < 4.78 is 1.96. The molecule has 26 heavy (non-hydrogen) atoms. The molecule has 0 saturated heterocycles. The van der Waals surface area contributed by atoms with E-state index in [-0.39, 0.29) is 11.5 Å². The monoisotopic (exact) mass is 425 g/mol. The van der Waals surface area contributed by atoms with Crippen LogP contribution in [-0.2, 0) is 6.54 Å². The number of carbonyl (C=O) groups is 1. The molecule has 4 nitrogen and oxygen atoms in total. The zero-order valence-corrected chi connectivity index (χ0v) is 16.8. The third kappa shape index (κ3) is 4.23. The molecule has 3 rings (SSSR count). The van der Waals surface area contributed by atoms with Crippen LogP contribution in [0.3, 0.4) is 0 Å². The van der Waals surface area contributed by atoms with Crippen molar-refractivity contribution in [2.45, 2.75) is 18.6 Å². The van der Waals surface area contributed by atoms with Gasteiger partial charge in [0.2, 0.25) is 0 Å². The van der Waals surface area contributed by atoms with Gasteiger partial charge in [0.15, 0.2) is 16.8 Å². The summed E-state index contributed by atoms with van der Waals surface area (Å²) in [6.45, 7) is 2.69. The van der Waals surface area contributed by atoms with Crippen molar-refractivity contribution in [2.24, 2.45) is 0 Å². The van der Waals surface area contributed by atoms with E-state index < -0.39 is 0 Å². The Kier molecular flexibility index (Phi) is 6.24. The maximum atomic E-state index is 12.4. The number of ketones is 1. The molecule has 0 N–H and O–H groups in total. The molecule has 0 saturated carbocycles. The Morgan fingerprint density at radius 3 is 2.38 bits per heavy atom. The van der Waals surface area contributed by atoms with Crippen LogP contribution in [0.5, 0.6) is 0 Å². The predicted octanol–water partition coefficient (Wildman–Crippen LogP) is 5.90. The second-order valence-electron chi connectivity index (χ2n) is 5.39. The molecule has 0 aliphatic carbocycles. The van der Waals surface area contributed by atoms with Crippen molar-refractivity contribution in [3.8, 4) is 11.4 Å². The Morgan fingerprint density at radius 2 is 1.73 bits per heavy atom. The molecule has 0 radical (unpaired) electrons. The first-order chi connectivity index (χ1) is 12.5. The molecule has 0 unspecified atom stereocenters. The average molecular weight is 427 g/mol. The van der Waals surface area contributed by atoms with Gasteiger partial charge in [-0.3, -0.25) is 4.79 Å². The molecule has 0 aliphatic heterocycles. The van der Waals surface area contributed by atoms with Crippen LogP contribution in [0.4, 0.5) is 0 Å². The smallest absolute Gasteiger partial charge is 0.191 e. The van der Waals surface area contributed by atoms with Crippen molar-refractivity contribution in [3.05, 3.63) is 63.1 Å². The second kappa shape index (κ2) is 8.44. The van der Waals surface area contributed by atoms with E-state index in [1.165, 1.54) is 11.8 Å². The highest BCUT2D eigenvalue weighted by Gasteiger charge is 2.16. The Bertz CT molecular complexity index is 941. The topological polar surface area (TPSA) is 47.8 Å². The van der Waals surface area contributed by atoms with Crippen molar-refractivity contribution in [3.63, 3.8) is 0 Å². The highest BCUT2D eigenvalue weighted by molar-refractivity contribution is 7.99. The van der Waals surface area contributed by atoms with E-state index in [0.29, 0.717) is 32.3 Å². The van der Waals surface area contributed by atoms with Gasteiger partial charge in [0, 0.05) is 27.7 Å². The van der Waals surface area contributed by atoms with Gasteiger partial charge in [-0.25, -0.2) is 0 Å². The van der Waals surface area contributed by atoms with Crippen LogP contribution in [0.25, 0.3) is 11.4 Å². The van der Waals surface area contributed by atoms with Gasteiger partial charge in [0.05, 0.1) is 10.8 Å². The lowest BCUT2D eigenvalue weighted by Crippen LogP contribution is -2.06. The summed E-state index contributed by atoms with van der Waals surface area (Å²) in [6, 6.07) is 12.3. The number of halogens is 3. The summed E-state index contributed by atoms with van der Waals surface area (Å²) in [4.78, 5) is 12.4. The van der Waals surface area contributed by atoms with E-state index in [4.69, 9.17) is 34.8 Å². The summed E-state index contributed by atoms with van der Waals surface area (Å²) in [6.07, 6.45) is 0. The third-order valence-corrected chi connectivity index (χ3v) is 5.47. The van der Waals surface area contributed by atoms with E-state index in [1.54, 1.807) is 18.2 Å². The number of hydrogen-bond donors (Lipinski definition) is 0. The van der Waals surface area contributed by atoms with Crippen molar-refractivity contribution in [1.29, 1.82) is 0 Å². The zero-order valence-electron chi connectivity index (χ0n) is 13.7. The van der Waals surface area contributed by atoms with Crippen LogP contribution in [0.15, 0.2) is 47.6 Å². The average Bonchev–Trinajstić information content (AvgIpc) is 3.03. The minimum absolute atomic E-state index is 0.0876. The molecular formula is C18H14Cl3N3OS. The van der Waals surface area contributed by atoms with Gasteiger partial charge in [-0.1, -0.05) is 46.6 Å². The predicted molar refractivity (Wildman–Crippen MR) is 108 cm³/mol. The van der Waals surface area contributed by atoms with Crippen LogP contribution in [-0.4, -0.2) is 26.3 Å². The summed E-state index contributed by atoms with van der Waals surface area (Å²) in [5.41, 5.74) is 1.37. The lowest BCUT2D eigenvalue weighted by Gasteiger charge is -2.08. The molecule has 0 bridgehead atoms. The normalized spacial score (nSPS) is 10.9. The second-order valence-corrected chi connectivity index (χ2v) is 7.62. The number of thioether (sulfide) groups is 1. The summed E-state index contributed by atoms with van der Waals surface area (Å²) >= 11 is 19.2. The number of rotatable bonds is 6. The lowest BCUT2D eigenvalue weighted by atomic mass is 10.1. The van der Waals surface area contributed by atoms with Crippen molar-refractivity contribution < 1.29 is 4.79 Å². The van der Waals surface area contributed by atoms with E-state index in [9.17, 15) is 4.79 Å². The van der Waals surface area contributed by atoms with Gasteiger partial charge in [0.1, 0.15) is 0 Å². The largest absolute Gasteiger partial charge is 0.302 e. The van der Waals surface area contributed by atoms with Crippen molar-refractivity contribution >= 4 is 52.3 Å². The highest BCUT2D eigenvalue weighted by Crippen LogP contribution is 2.27. The molecule has 0 spiro atoms. The molecule has 1 heterocycles. The van der Waals surface area contributed by atoms with Gasteiger partial charge in [-0.15, -0.1) is 10.2 Å². The number of benzene rings is 2. The van der Waals surface area contributed by atoms with Gasteiger partial charge >= 0.3 is 0 Å². The molecule has 8 heteroatoms. The number of Topliss-reactive ketones (excluding diaryl/α,β-unsaturated/α-hetero) is 1. The minimum atomic E-state index is -0.0876. The molecule has 0 atom stereocenters. The Balaban J connectivity index is 1.78. The number of carbonyl (C=O) groups excluding carboxylic acids is 1. The first-order valence-electron chi connectivity index (χ1n) is 7.79. The summed E-state index contributed by atoms with van der Waals surface area (Å²) in [5, 5.41) is 10.7. The summed E-state index contributed by atoms with van der Waals surface area (Å²) in [5.74, 6) is 0.860. The fraction of sp³-hybridized carbons (Fsp3) is 0.167. The Morgan fingerprint density at radius 1 is 1.04 bits per heavy atom. The Labute approximate surface area is 170 Å². The van der Waals surface area contributed by atoms with Gasteiger partial charge in [0.25, 0.3) is 0 Å². The number of hydrogen-bond acceptors (Lipinski definition) is 4. The molecule has 0 fully saturated rings. The maximum absolute atomic E-state index is 12.4. The third-order valence-electron chi connectivity index (χ3n) is 3.70. The van der Waals surface area contributed by atoms with Crippen LogP contribution < -0.4 is 0 Å². The lowest BCUT2D eigenvalue weighted by molar-refractivity contribution is 0.102. The van der Waals surface area contributed by atoms with Crippen molar-refractivity contribution in [1.82, 2.24) is 14.8 Å². The van der Waals surface area contributed by atoms with E-state index >= 15 is 0 Å². The fourth-order valence-corrected chi connectivity index (χ4v) is 3.94. The minimum Gasteiger partial charge on any atom is -0.302 e. The van der Waals surface area contributed by atoms with E-state index in [0.717, 1.165) is 11.4 Å². The highest BCUT2D eigenvalue weighted by atomic mass is 35.5. The first-order valence-corrected chi connectivity index (χ1v) is 9.91. The van der Waals surface area contributed by atoms with Crippen LogP contribution in [0, 0.1) is 0 Å². The van der Waals surface area contributed by atoms with Crippen LogP contribution in [0.1, 0.15) is 17.3 Å². The summed E-state index contributed by atoms with van der Waals surface area (Å²) in [7, 11) is 0. The van der Waals surface area contributed by atoms with E-state index in [1.807, 2.05) is 35.8 Å². The molecular weight excluding hydrogens is 413 g/mol. The molecule has 3 aromatic rings. The standard InChI is InChI=1S/C18H14Cl3N3OS/c1-2-24-17(11-3-5-12(19)6-4-11)22-23-18(24)26-10-16(25)14-8-7-13(20)9-15(14)21/h3-9H,2,10H2,1H3. The van der Waals surface area contributed by atoms with Crippen LogP contribution in [0.2, 0.25) is 15.1 Å². The molecule has 1 aromatic heterocycles. The maximum Gasteiger partial charge on any atom is 0.191 e. The molecule has 134 valence electrons. The molecule has 0 amide bonds. The van der Waals surface area contributed by atoms with Gasteiger partial charge < -0.3 is 4.57 Å². The van der Waals surface area contributed by atoms with Crippen molar-refractivity contribution in [2.75, 3.05) is 5.75 Å².